The Bertz CT molecular complexity index is 312. The molecule has 3 fully saturated rings. The van der Waals surface area contributed by atoms with Gasteiger partial charge in [-0.1, -0.05) is 20.8 Å². The van der Waals surface area contributed by atoms with E-state index in [1.807, 2.05) is 0 Å². The van der Waals surface area contributed by atoms with Gasteiger partial charge in [0.05, 0.1) is 0 Å². The van der Waals surface area contributed by atoms with Crippen molar-refractivity contribution in [3.8, 4) is 0 Å². The Kier molecular flexibility index (Phi) is 2.61. The van der Waals surface area contributed by atoms with Crippen LogP contribution in [0.25, 0.3) is 0 Å². The van der Waals surface area contributed by atoms with E-state index in [1.165, 1.54) is 38.8 Å². The molecule has 0 amide bonds. The first kappa shape index (κ1) is 12.0. The number of hydrogen-bond donors (Lipinski definition) is 1. The predicted octanol–water partition coefficient (Wildman–Crippen LogP) is 2.49. The zero-order chi connectivity index (χ0) is 12.3. The summed E-state index contributed by atoms with van der Waals surface area (Å²) in [5.41, 5.74) is 1.09. The Morgan fingerprint density at radius 2 is 1.94 bits per heavy atom. The van der Waals surface area contributed by atoms with Gasteiger partial charge in [-0.25, -0.2) is 0 Å². The van der Waals surface area contributed by atoms with Crippen LogP contribution in [0.15, 0.2) is 0 Å². The standard InChI is InChI=1S/C15H28N2/c1-14(2)11-5-7-15(14,3)13(9-11)16-12-6-8-17(4)10-12/h11-13,16H,5-10H2,1-4H3. The summed E-state index contributed by atoms with van der Waals surface area (Å²) in [4.78, 5) is 2.46. The van der Waals surface area contributed by atoms with Gasteiger partial charge < -0.3 is 10.2 Å². The van der Waals surface area contributed by atoms with Gasteiger partial charge in [-0.2, -0.15) is 0 Å². The van der Waals surface area contributed by atoms with Crippen molar-refractivity contribution in [2.45, 2.75) is 58.5 Å². The van der Waals surface area contributed by atoms with E-state index in [1.54, 1.807) is 0 Å². The van der Waals surface area contributed by atoms with E-state index in [2.05, 4.69) is 38.0 Å². The van der Waals surface area contributed by atoms with Gasteiger partial charge in [0, 0.05) is 18.6 Å². The molecule has 0 radical (unpaired) electrons. The van der Waals surface area contributed by atoms with Gasteiger partial charge in [0.25, 0.3) is 0 Å². The highest BCUT2D eigenvalue weighted by Crippen LogP contribution is 2.65. The van der Waals surface area contributed by atoms with Crippen LogP contribution in [0.5, 0.6) is 0 Å². The second kappa shape index (κ2) is 3.71. The van der Waals surface area contributed by atoms with Crippen molar-refractivity contribution in [1.82, 2.24) is 10.2 Å². The van der Waals surface area contributed by atoms with Crippen LogP contribution < -0.4 is 5.32 Å². The molecule has 2 bridgehead atoms. The Labute approximate surface area is 106 Å². The number of fused-ring (bicyclic) bond motifs is 2. The van der Waals surface area contributed by atoms with Crippen molar-refractivity contribution in [3.63, 3.8) is 0 Å². The minimum Gasteiger partial charge on any atom is -0.309 e. The molecular weight excluding hydrogens is 208 g/mol. The molecular formula is C15H28N2. The van der Waals surface area contributed by atoms with Crippen molar-refractivity contribution in [2.24, 2.45) is 16.7 Å². The third-order valence-corrected chi connectivity index (χ3v) is 6.62. The molecule has 2 nitrogen and oxygen atoms in total. The molecule has 2 aliphatic carbocycles. The predicted molar refractivity (Wildman–Crippen MR) is 72.1 cm³/mol. The van der Waals surface area contributed by atoms with Crippen molar-refractivity contribution in [1.29, 1.82) is 0 Å². The first-order chi connectivity index (χ1) is 7.93. The molecule has 98 valence electrons. The third-order valence-electron chi connectivity index (χ3n) is 6.62. The fourth-order valence-electron chi connectivity index (χ4n) is 4.81. The molecule has 0 spiro atoms. The summed E-state index contributed by atoms with van der Waals surface area (Å²) in [6, 6.07) is 1.52. The maximum absolute atomic E-state index is 3.99. The summed E-state index contributed by atoms with van der Waals surface area (Å²) < 4.78 is 0. The van der Waals surface area contributed by atoms with E-state index < -0.39 is 0 Å². The largest absolute Gasteiger partial charge is 0.309 e. The van der Waals surface area contributed by atoms with Crippen molar-refractivity contribution < 1.29 is 0 Å². The lowest BCUT2D eigenvalue weighted by atomic mass is 9.69. The van der Waals surface area contributed by atoms with Gasteiger partial charge in [0.15, 0.2) is 0 Å². The molecule has 1 heterocycles. The van der Waals surface area contributed by atoms with Crippen LogP contribution >= 0.6 is 0 Å². The average molecular weight is 236 g/mol. The minimum atomic E-state index is 0.541. The molecule has 3 aliphatic rings. The molecule has 2 heteroatoms. The number of rotatable bonds is 2. The van der Waals surface area contributed by atoms with Crippen LogP contribution in [-0.2, 0) is 0 Å². The second-order valence-electron chi connectivity index (χ2n) is 7.58. The van der Waals surface area contributed by atoms with E-state index in [4.69, 9.17) is 0 Å². The first-order valence-electron chi connectivity index (χ1n) is 7.38. The Balaban J connectivity index is 1.70. The third kappa shape index (κ3) is 1.60. The zero-order valence-corrected chi connectivity index (χ0v) is 11.9. The first-order valence-corrected chi connectivity index (χ1v) is 7.38. The lowest BCUT2D eigenvalue weighted by Crippen LogP contribution is -2.49. The molecule has 4 unspecified atom stereocenters. The lowest BCUT2D eigenvalue weighted by Gasteiger charge is -2.40. The molecule has 17 heavy (non-hydrogen) atoms. The van der Waals surface area contributed by atoms with E-state index in [0.29, 0.717) is 10.8 Å². The summed E-state index contributed by atoms with van der Waals surface area (Å²) in [7, 11) is 2.24. The van der Waals surface area contributed by atoms with E-state index in [9.17, 15) is 0 Å². The highest BCUT2D eigenvalue weighted by atomic mass is 15.2. The molecule has 3 rings (SSSR count). The SMILES string of the molecule is CN1CCC(NC2CC3CCC2(C)C3(C)C)C1. The van der Waals surface area contributed by atoms with E-state index in [0.717, 1.165) is 18.0 Å². The normalized spacial score (nSPS) is 49.1. The van der Waals surface area contributed by atoms with Crippen LogP contribution in [0, 0.1) is 16.7 Å². The van der Waals surface area contributed by atoms with Crippen LogP contribution in [0.4, 0.5) is 0 Å². The second-order valence-corrected chi connectivity index (χ2v) is 7.58. The molecule has 2 saturated carbocycles. The number of nitrogens with zero attached hydrogens (tertiary/aromatic N) is 1. The van der Waals surface area contributed by atoms with Crippen LogP contribution in [0.1, 0.15) is 46.5 Å². The summed E-state index contributed by atoms with van der Waals surface area (Å²) in [5, 5.41) is 3.99. The van der Waals surface area contributed by atoms with Gasteiger partial charge in [0.1, 0.15) is 0 Å². The highest BCUT2D eigenvalue weighted by Gasteiger charge is 2.61. The van der Waals surface area contributed by atoms with Gasteiger partial charge in [0.2, 0.25) is 0 Å². The monoisotopic (exact) mass is 236 g/mol. The van der Waals surface area contributed by atoms with Crippen molar-refractivity contribution in [3.05, 3.63) is 0 Å². The molecule has 1 aliphatic heterocycles. The fraction of sp³-hybridized carbons (Fsp3) is 1.00. The fourth-order valence-corrected chi connectivity index (χ4v) is 4.81. The zero-order valence-electron chi connectivity index (χ0n) is 11.9. The molecule has 1 N–H and O–H groups in total. The number of likely N-dealkylation sites (N-methyl/N-ethyl adjacent to an activating group) is 1. The van der Waals surface area contributed by atoms with Crippen LogP contribution in [0.2, 0.25) is 0 Å². The quantitative estimate of drug-likeness (QED) is 0.792. The molecule has 0 aromatic rings. The minimum absolute atomic E-state index is 0.541. The summed E-state index contributed by atoms with van der Waals surface area (Å²) in [6.45, 7) is 10.1. The maximum Gasteiger partial charge on any atom is 0.0209 e. The molecule has 4 atom stereocenters. The highest BCUT2D eigenvalue weighted by molar-refractivity contribution is 5.13. The maximum atomic E-state index is 3.99. The molecule has 1 saturated heterocycles. The average Bonchev–Trinajstić information content (AvgIpc) is 2.80. The number of likely N-dealkylation sites (tertiary alicyclic amines) is 1. The van der Waals surface area contributed by atoms with Crippen molar-refractivity contribution >= 4 is 0 Å². The molecule has 0 aromatic carbocycles. The van der Waals surface area contributed by atoms with Gasteiger partial charge in [-0.3, -0.25) is 0 Å². The summed E-state index contributed by atoms with van der Waals surface area (Å²) in [6.07, 6.45) is 5.66. The van der Waals surface area contributed by atoms with E-state index in [-0.39, 0.29) is 0 Å². The number of nitrogens with one attached hydrogen (secondary N) is 1. The topological polar surface area (TPSA) is 15.3 Å². The number of hydrogen-bond acceptors (Lipinski definition) is 2. The Hall–Kier alpha value is -0.0800. The van der Waals surface area contributed by atoms with E-state index >= 15 is 0 Å². The molecule has 0 aromatic heterocycles. The van der Waals surface area contributed by atoms with Crippen molar-refractivity contribution in [2.75, 3.05) is 20.1 Å². The van der Waals surface area contributed by atoms with Gasteiger partial charge in [-0.15, -0.1) is 0 Å². The van der Waals surface area contributed by atoms with Crippen LogP contribution in [0.3, 0.4) is 0 Å². The van der Waals surface area contributed by atoms with Crippen LogP contribution in [-0.4, -0.2) is 37.1 Å². The smallest absolute Gasteiger partial charge is 0.0209 e. The summed E-state index contributed by atoms with van der Waals surface area (Å²) >= 11 is 0. The summed E-state index contributed by atoms with van der Waals surface area (Å²) in [5.74, 6) is 0.962. The van der Waals surface area contributed by atoms with Gasteiger partial charge >= 0.3 is 0 Å². The Morgan fingerprint density at radius 3 is 2.41 bits per heavy atom. The Morgan fingerprint density at radius 1 is 1.18 bits per heavy atom. The lowest BCUT2D eigenvalue weighted by molar-refractivity contribution is 0.115. The van der Waals surface area contributed by atoms with Gasteiger partial charge in [-0.05, 0) is 56.0 Å².